The lowest BCUT2D eigenvalue weighted by atomic mass is 10.0. The van der Waals surface area contributed by atoms with Gasteiger partial charge in [-0.1, -0.05) is 13.8 Å². The average molecular weight is 190 g/mol. The summed E-state index contributed by atoms with van der Waals surface area (Å²) in [4.78, 5) is 1.75. The molecular formula is C9H16F2N2. The number of rotatable bonds is 1. The van der Waals surface area contributed by atoms with Gasteiger partial charge in [-0.2, -0.15) is 0 Å². The van der Waals surface area contributed by atoms with Crippen LogP contribution in [-0.4, -0.2) is 29.7 Å². The lowest BCUT2D eigenvalue weighted by Crippen LogP contribution is -2.44. The molecule has 0 amide bonds. The Kier molecular flexibility index (Phi) is 2.88. The molecule has 0 spiro atoms. The Balaban J connectivity index is 2.46. The highest BCUT2D eigenvalue weighted by Gasteiger charge is 2.34. The molecule has 1 rings (SSSR count). The smallest absolute Gasteiger partial charge is 0.251 e. The van der Waals surface area contributed by atoms with Gasteiger partial charge in [0.05, 0.1) is 5.84 Å². The van der Waals surface area contributed by atoms with Gasteiger partial charge in [-0.15, -0.1) is 0 Å². The van der Waals surface area contributed by atoms with Crippen molar-refractivity contribution in [2.45, 2.75) is 32.6 Å². The van der Waals surface area contributed by atoms with E-state index >= 15 is 0 Å². The third kappa shape index (κ3) is 2.64. The molecule has 0 unspecified atom stereocenters. The summed E-state index contributed by atoms with van der Waals surface area (Å²) >= 11 is 0. The number of halogens is 2. The standard InChI is InChI=1S/C9H16F2N2/c1-7(2)8(12)13-5-3-9(10,11)4-6-13/h7,12H,3-6H2,1-2H3. The van der Waals surface area contributed by atoms with Gasteiger partial charge in [0.25, 0.3) is 5.92 Å². The van der Waals surface area contributed by atoms with Crippen molar-refractivity contribution in [3.8, 4) is 0 Å². The van der Waals surface area contributed by atoms with Gasteiger partial charge in [-0.3, -0.25) is 5.41 Å². The van der Waals surface area contributed by atoms with Crippen LogP contribution >= 0.6 is 0 Å². The van der Waals surface area contributed by atoms with E-state index in [0.717, 1.165) is 0 Å². The maximum absolute atomic E-state index is 12.7. The number of alkyl halides is 2. The van der Waals surface area contributed by atoms with Crippen LogP contribution < -0.4 is 0 Å². The van der Waals surface area contributed by atoms with Gasteiger partial charge in [-0.05, 0) is 0 Å². The van der Waals surface area contributed by atoms with Crippen LogP contribution in [0.2, 0.25) is 0 Å². The van der Waals surface area contributed by atoms with Crippen molar-refractivity contribution in [3.05, 3.63) is 0 Å². The first-order valence-corrected chi connectivity index (χ1v) is 4.63. The fourth-order valence-corrected chi connectivity index (χ4v) is 1.44. The fraction of sp³-hybridized carbons (Fsp3) is 0.889. The monoisotopic (exact) mass is 190 g/mol. The minimum absolute atomic E-state index is 0.109. The topological polar surface area (TPSA) is 27.1 Å². The van der Waals surface area contributed by atoms with E-state index in [9.17, 15) is 8.78 Å². The van der Waals surface area contributed by atoms with Crippen LogP contribution in [0.5, 0.6) is 0 Å². The zero-order valence-corrected chi connectivity index (χ0v) is 8.11. The Morgan fingerprint density at radius 3 is 2.15 bits per heavy atom. The minimum Gasteiger partial charge on any atom is -0.360 e. The normalized spacial score (nSPS) is 22.1. The van der Waals surface area contributed by atoms with Gasteiger partial charge in [0.2, 0.25) is 0 Å². The van der Waals surface area contributed by atoms with E-state index in [4.69, 9.17) is 5.41 Å². The molecule has 1 aliphatic heterocycles. The second-order valence-corrected chi connectivity index (χ2v) is 3.88. The lowest BCUT2D eigenvalue weighted by Gasteiger charge is -2.34. The Morgan fingerprint density at radius 1 is 1.31 bits per heavy atom. The SMILES string of the molecule is CC(C)C(=N)N1CCC(F)(F)CC1. The largest absolute Gasteiger partial charge is 0.360 e. The zero-order valence-electron chi connectivity index (χ0n) is 8.11. The van der Waals surface area contributed by atoms with Crippen molar-refractivity contribution >= 4 is 5.84 Å². The van der Waals surface area contributed by atoms with Crippen LogP contribution in [0.1, 0.15) is 26.7 Å². The van der Waals surface area contributed by atoms with E-state index in [-0.39, 0.29) is 18.8 Å². The quantitative estimate of drug-likeness (QED) is 0.498. The minimum atomic E-state index is -2.51. The Morgan fingerprint density at radius 2 is 1.77 bits per heavy atom. The Labute approximate surface area is 77.4 Å². The van der Waals surface area contributed by atoms with Crippen molar-refractivity contribution in [1.82, 2.24) is 4.90 Å². The van der Waals surface area contributed by atoms with Gasteiger partial charge in [0, 0.05) is 31.8 Å². The summed E-state index contributed by atoms with van der Waals surface area (Å²) in [5.41, 5.74) is 0. The highest BCUT2D eigenvalue weighted by molar-refractivity contribution is 5.81. The van der Waals surface area contributed by atoms with Crippen molar-refractivity contribution in [2.24, 2.45) is 5.92 Å². The average Bonchev–Trinajstić information content (AvgIpc) is 2.03. The molecule has 0 saturated carbocycles. The van der Waals surface area contributed by atoms with Crippen molar-refractivity contribution in [2.75, 3.05) is 13.1 Å². The predicted molar refractivity (Wildman–Crippen MR) is 48.3 cm³/mol. The van der Waals surface area contributed by atoms with E-state index in [1.807, 2.05) is 13.8 Å². The van der Waals surface area contributed by atoms with Crippen molar-refractivity contribution in [3.63, 3.8) is 0 Å². The molecule has 0 bridgehead atoms. The van der Waals surface area contributed by atoms with Crippen LogP contribution in [0.4, 0.5) is 8.78 Å². The second kappa shape index (κ2) is 3.60. The molecule has 4 heteroatoms. The number of nitrogens with one attached hydrogen (secondary N) is 1. The summed E-state index contributed by atoms with van der Waals surface area (Å²) in [6.45, 7) is 4.47. The van der Waals surface area contributed by atoms with Gasteiger partial charge < -0.3 is 4.90 Å². The molecule has 1 fully saturated rings. The van der Waals surface area contributed by atoms with Crippen molar-refractivity contribution in [1.29, 1.82) is 5.41 Å². The summed E-state index contributed by atoms with van der Waals surface area (Å²) in [6, 6.07) is 0. The van der Waals surface area contributed by atoms with E-state index in [1.54, 1.807) is 4.90 Å². The summed E-state index contributed by atoms with van der Waals surface area (Å²) in [5, 5.41) is 7.65. The molecule has 0 radical (unpaired) electrons. The number of hydrogen-bond acceptors (Lipinski definition) is 1. The molecule has 0 aromatic heterocycles. The van der Waals surface area contributed by atoms with Crippen LogP contribution in [0, 0.1) is 11.3 Å². The molecule has 0 atom stereocenters. The van der Waals surface area contributed by atoms with Crippen molar-refractivity contribution < 1.29 is 8.78 Å². The summed E-state index contributed by atoms with van der Waals surface area (Å²) < 4.78 is 25.5. The molecule has 1 heterocycles. The third-order valence-corrected chi connectivity index (χ3v) is 2.38. The third-order valence-electron chi connectivity index (χ3n) is 2.38. The molecular weight excluding hydrogens is 174 g/mol. The van der Waals surface area contributed by atoms with E-state index in [1.165, 1.54) is 0 Å². The maximum atomic E-state index is 12.7. The molecule has 76 valence electrons. The Hall–Kier alpha value is -0.670. The van der Waals surface area contributed by atoms with Gasteiger partial charge in [-0.25, -0.2) is 8.78 Å². The summed E-state index contributed by atoms with van der Waals surface area (Å²) in [6.07, 6.45) is -0.218. The lowest BCUT2D eigenvalue weighted by molar-refractivity contribution is -0.0441. The first-order valence-electron chi connectivity index (χ1n) is 4.63. The van der Waals surface area contributed by atoms with Crippen LogP contribution in [0.25, 0.3) is 0 Å². The highest BCUT2D eigenvalue weighted by Crippen LogP contribution is 2.28. The highest BCUT2D eigenvalue weighted by atomic mass is 19.3. The Bertz CT molecular complexity index is 192. The fourth-order valence-electron chi connectivity index (χ4n) is 1.44. The zero-order chi connectivity index (χ0) is 10.1. The van der Waals surface area contributed by atoms with Crippen LogP contribution in [-0.2, 0) is 0 Å². The van der Waals surface area contributed by atoms with Crippen LogP contribution in [0.3, 0.4) is 0 Å². The van der Waals surface area contributed by atoms with E-state index in [0.29, 0.717) is 18.9 Å². The van der Waals surface area contributed by atoms with Gasteiger partial charge in [0.1, 0.15) is 0 Å². The molecule has 0 aliphatic carbocycles. The first-order chi connectivity index (χ1) is 5.92. The summed E-state index contributed by atoms with van der Waals surface area (Å²) in [7, 11) is 0. The molecule has 1 saturated heterocycles. The number of piperidine rings is 1. The van der Waals surface area contributed by atoms with E-state index < -0.39 is 5.92 Å². The number of amidine groups is 1. The van der Waals surface area contributed by atoms with Gasteiger partial charge in [0.15, 0.2) is 0 Å². The van der Waals surface area contributed by atoms with Crippen LogP contribution in [0.15, 0.2) is 0 Å². The molecule has 1 aliphatic rings. The molecule has 13 heavy (non-hydrogen) atoms. The number of hydrogen-bond donors (Lipinski definition) is 1. The van der Waals surface area contributed by atoms with Gasteiger partial charge >= 0.3 is 0 Å². The molecule has 0 aromatic carbocycles. The molecule has 2 nitrogen and oxygen atoms in total. The molecule has 1 N–H and O–H groups in total. The second-order valence-electron chi connectivity index (χ2n) is 3.88. The maximum Gasteiger partial charge on any atom is 0.251 e. The number of nitrogens with zero attached hydrogens (tertiary/aromatic N) is 1. The number of likely N-dealkylation sites (tertiary alicyclic amines) is 1. The molecule has 0 aromatic rings. The first kappa shape index (κ1) is 10.4. The summed E-state index contributed by atoms with van der Waals surface area (Å²) in [5.74, 6) is -1.89. The predicted octanol–water partition coefficient (Wildman–Crippen LogP) is 2.35. The van der Waals surface area contributed by atoms with E-state index in [2.05, 4.69) is 0 Å².